The summed E-state index contributed by atoms with van der Waals surface area (Å²) in [6.45, 7) is 2.72. The minimum absolute atomic E-state index is 0.342. The molecule has 0 aromatic heterocycles. The molecular formula is C11H17NO2. The van der Waals surface area contributed by atoms with Crippen LogP contribution in [0.25, 0.3) is 0 Å². The van der Waals surface area contributed by atoms with Gasteiger partial charge in [-0.05, 0) is 30.2 Å². The van der Waals surface area contributed by atoms with Crippen molar-refractivity contribution in [2.24, 2.45) is 5.73 Å². The fraction of sp³-hybridized carbons (Fsp3) is 0.455. The number of hydrogen-bond acceptors (Lipinski definition) is 3. The average molecular weight is 195 g/mol. The van der Waals surface area contributed by atoms with E-state index in [-0.39, 0.29) is 0 Å². The molecule has 0 aliphatic carbocycles. The number of ether oxygens (including phenoxy) is 2. The SMILES string of the molecule is COc1ccc([C@@H](C)CN)cc1OC. The molecule has 0 heterocycles. The summed E-state index contributed by atoms with van der Waals surface area (Å²) in [5, 5.41) is 0. The molecule has 0 amide bonds. The molecule has 2 N–H and O–H groups in total. The number of benzene rings is 1. The fourth-order valence-corrected chi connectivity index (χ4v) is 1.30. The van der Waals surface area contributed by atoms with E-state index in [4.69, 9.17) is 15.2 Å². The zero-order chi connectivity index (χ0) is 10.6. The second-order valence-corrected chi connectivity index (χ2v) is 3.25. The average Bonchev–Trinajstić information content (AvgIpc) is 2.26. The third-order valence-electron chi connectivity index (χ3n) is 2.33. The van der Waals surface area contributed by atoms with Crippen molar-refractivity contribution in [3.8, 4) is 11.5 Å². The summed E-state index contributed by atoms with van der Waals surface area (Å²) in [6, 6.07) is 5.88. The van der Waals surface area contributed by atoms with Crippen LogP contribution in [0, 0.1) is 0 Å². The highest BCUT2D eigenvalue weighted by Gasteiger charge is 2.08. The Morgan fingerprint density at radius 1 is 1.21 bits per heavy atom. The van der Waals surface area contributed by atoms with Gasteiger partial charge in [0.2, 0.25) is 0 Å². The molecule has 0 spiro atoms. The van der Waals surface area contributed by atoms with Crippen LogP contribution in [-0.4, -0.2) is 20.8 Å². The van der Waals surface area contributed by atoms with Crippen LogP contribution in [0.4, 0.5) is 0 Å². The van der Waals surface area contributed by atoms with Gasteiger partial charge in [0, 0.05) is 0 Å². The Kier molecular flexibility index (Phi) is 3.77. The molecule has 0 unspecified atom stereocenters. The summed E-state index contributed by atoms with van der Waals surface area (Å²) in [5.74, 6) is 1.85. The second-order valence-electron chi connectivity index (χ2n) is 3.25. The Bertz CT molecular complexity index is 299. The van der Waals surface area contributed by atoms with Crippen molar-refractivity contribution in [2.75, 3.05) is 20.8 Å². The Hall–Kier alpha value is -1.22. The standard InChI is InChI=1S/C11H17NO2/c1-8(7-12)9-4-5-10(13-2)11(6-9)14-3/h4-6,8H,7,12H2,1-3H3/t8-/m0/s1. The number of nitrogens with two attached hydrogens (primary N) is 1. The molecule has 78 valence electrons. The topological polar surface area (TPSA) is 44.5 Å². The summed E-state index contributed by atoms with van der Waals surface area (Å²) in [6.07, 6.45) is 0. The van der Waals surface area contributed by atoms with Crippen LogP contribution in [0.1, 0.15) is 18.4 Å². The number of hydrogen-bond donors (Lipinski definition) is 1. The van der Waals surface area contributed by atoms with Crippen molar-refractivity contribution in [1.29, 1.82) is 0 Å². The van der Waals surface area contributed by atoms with Gasteiger partial charge in [-0.3, -0.25) is 0 Å². The molecule has 0 saturated carbocycles. The molecule has 0 aliphatic heterocycles. The van der Waals surface area contributed by atoms with Gasteiger partial charge < -0.3 is 15.2 Å². The third-order valence-corrected chi connectivity index (χ3v) is 2.33. The Labute approximate surface area is 84.8 Å². The Morgan fingerprint density at radius 2 is 1.86 bits per heavy atom. The van der Waals surface area contributed by atoms with Gasteiger partial charge in [0.1, 0.15) is 0 Å². The van der Waals surface area contributed by atoms with E-state index in [2.05, 4.69) is 6.92 Å². The molecule has 1 aromatic rings. The van der Waals surface area contributed by atoms with Crippen LogP contribution in [0.15, 0.2) is 18.2 Å². The first kappa shape index (κ1) is 10.9. The maximum atomic E-state index is 5.59. The molecular weight excluding hydrogens is 178 g/mol. The van der Waals surface area contributed by atoms with Gasteiger partial charge in [0.15, 0.2) is 11.5 Å². The van der Waals surface area contributed by atoms with Gasteiger partial charge in [0.05, 0.1) is 14.2 Å². The quantitative estimate of drug-likeness (QED) is 0.796. The lowest BCUT2D eigenvalue weighted by atomic mass is 10.0. The summed E-state index contributed by atoms with van der Waals surface area (Å²) >= 11 is 0. The van der Waals surface area contributed by atoms with E-state index in [1.165, 1.54) is 5.56 Å². The maximum Gasteiger partial charge on any atom is 0.160 e. The molecule has 3 nitrogen and oxygen atoms in total. The molecule has 0 bridgehead atoms. The summed E-state index contributed by atoms with van der Waals surface area (Å²) < 4.78 is 10.4. The van der Waals surface area contributed by atoms with E-state index in [0.29, 0.717) is 12.5 Å². The van der Waals surface area contributed by atoms with Crippen molar-refractivity contribution in [2.45, 2.75) is 12.8 Å². The molecule has 0 radical (unpaired) electrons. The number of methoxy groups -OCH3 is 2. The first-order chi connectivity index (χ1) is 6.72. The van der Waals surface area contributed by atoms with Gasteiger partial charge in [0.25, 0.3) is 0 Å². The molecule has 1 rings (SSSR count). The van der Waals surface area contributed by atoms with Crippen molar-refractivity contribution in [3.05, 3.63) is 23.8 Å². The molecule has 1 aromatic carbocycles. The Morgan fingerprint density at radius 3 is 2.36 bits per heavy atom. The highest BCUT2D eigenvalue weighted by atomic mass is 16.5. The van der Waals surface area contributed by atoms with Gasteiger partial charge in [-0.25, -0.2) is 0 Å². The molecule has 0 saturated heterocycles. The summed E-state index contributed by atoms with van der Waals surface area (Å²) in [4.78, 5) is 0. The minimum atomic E-state index is 0.342. The molecule has 1 atom stereocenters. The number of rotatable bonds is 4. The normalized spacial score (nSPS) is 12.3. The molecule has 0 fully saturated rings. The van der Waals surface area contributed by atoms with Crippen LogP contribution in [-0.2, 0) is 0 Å². The largest absolute Gasteiger partial charge is 0.493 e. The predicted molar refractivity (Wildman–Crippen MR) is 57.0 cm³/mol. The van der Waals surface area contributed by atoms with Crippen LogP contribution >= 0.6 is 0 Å². The lowest BCUT2D eigenvalue weighted by molar-refractivity contribution is 0.354. The zero-order valence-electron chi connectivity index (χ0n) is 8.91. The second kappa shape index (κ2) is 4.86. The van der Waals surface area contributed by atoms with Gasteiger partial charge in [-0.15, -0.1) is 0 Å². The van der Waals surface area contributed by atoms with E-state index in [1.807, 2.05) is 18.2 Å². The summed E-state index contributed by atoms with van der Waals surface area (Å²) in [7, 11) is 3.26. The van der Waals surface area contributed by atoms with Crippen molar-refractivity contribution in [1.82, 2.24) is 0 Å². The maximum absolute atomic E-state index is 5.59. The lowest BCUT2D eigenvalue weighted by Crippen LogP contribution is -2.08. The Balaban J connectivity index is 3.01. The smallest absolute Gasteiger partial charge is 0.160 e. The van der Waals surface area contributed by atoms with Gasteiger partial charge >= 0.3 is 0 Å². The molecule has 3 heteroatoms. The van der Waals surface area contributed by atoms with Crippen LogP contribution < -0.4 is 15.2 Å². The monoisotopic (exact) mass is 195 g/mol. The van der Waals surface area contributed by atoms with Crippen LogP contribution in [0.2, 0.25) is 0 Å². The first-order valence-corrected chi connectivity index (χ1v) is 4.65. The van der Waals surface area contributed by atoms with E-state index >= 15 is 0 Å². The van der Waals surface area contributed by atoms with E-state index < -0.39 is 0 Å². The van der Waals surface area contributed by atoms with Crippen molar-refractivity contribution >= 4 is 0 Å². The van der Waals surface area contributed by atoms with Crippen LogP contribution in [0.3, 0.4) is 0 Å². The molecule has 14 heavy (non-hydrogen) atoms. The predicted octanol–water partition coefficient (Wildman–Crippen LogP) is 1.77. The highest BCUT2D eigenvalue weighted by molar-refractivity contribution is 5.43. The minimum Gasteiger partial charge on any atom is -0.493 e. The zero-order valence-corrected chi connectivity index (χ0v) is 8.91. The van der Waals surface area contributed by atoms with E-state index in [9.17, 15) is 0 Å². The lowest BCUT2D eigenvalue weighted by Gasteiger charge is -2.12. The van der Waals surface area contributed by atoms with E-state index in [1.54, 1.807) is 14.2 Å². The fourth-order valence-electron chi connectivity index (χ4n) is 1.30. The van der Waals surface area contributed by atoms with Gasteiger partial charge in [-0.1, -0.05) is 13.0 Å². The van der Waals surface area contributed by atoms with Crippen molar-refractivity contribution in [3.63, 3.8) is 0 Å². The van der Waals surface area contributed by atoms with Crippen molar-refractivity contribution < 1.29 is 9.47 Å². The molecule has 0 aliphatic rings. The van der Waals surface area contributed by atoms with E-state index in [0.717, 1.165) is 11.5 Å². The highest BCUT2D eigenvalue weighted by Crippen LogP contribution is 2.30. The van der Waals surface area contributed by atoms with Crippen LogP contribution in [0.5, 0.6) is 11.5 Å². The first-order valence-electron chi connectivity index (χ1n) is 4.65. The van der Waals surface area contributed by atoms with Gasteiger partial charge in [-0.2, -0.15) is 0 Å². The third kappa shape index (κ3) is 2.17. The summed E-state index contributed by atoms with van der Waals surface area (Å²) in [5.41, 5.74) is 6.77.